The van der Waals surface area contributed by atoms with Gasteiger partial charge in [0.05, 0.1) is 18.9 Å². The van der Waals surface area contributed by atoms with Crippen LogP contribution in [-0.2, 0) is 28.8 Å². The maximum Gasteiger partial charge on any atom is 0.309 e. The maximum absolute atomic E-state index is 11.4. The molecule has 0 bridgehead atoms. The van der Waals surface area contributed by atoms with Gasteiger partial charge in [0.15, 0.2) is 0 Å². The highest BCUT2D eigenvalue weighted by Gasteiger charge is 2.23. The van der Waals surface area contributed by atoms with Crippen molar-refractivity contribution in [3.05, 3.63) is 46.6 Å². The number of aromatic nitrogens is 2. The number of thiophene rings is 1. The van der Waals surface area contributed by atoms with Crippen LogP contribution in [0.15, 0.2) is 30.6 Å². The molecule has 0 N–H and O–H groups in total. The summed E-state index contributed by atoms with van der Waals surface area (Å²) in [5.41, 5.74) is 2.24. The van der Waals surface area contributed by atoms with Gasteiger partial charge < -0.3 is 9.47 Å². The van der Waals surface area contributed by atoms with Crippen LogP contribution in [0, 0.1) is 5.92 Å². The lowest BCUT2D eigenvalue weighted by atomic mass is 9.89. The summed E-state index contributed by atoms with van der Waals surface area (Å²) in [5.74, 6) is 1.77. The third-order valence-corrected chi connectivity index (χ3v) is 5.93. The molecule has 1 aliphatic carbocycles. The van der Waals surface area contributed by atoms with Crippen molar-refractivity contribution in [3.8, 4) is 11.6 Å². The van der Waals surface area contributed by atoms with Gasteiger partial charge in [-0.15, -0.1) is 11.3 Å². The molecule has 0 radical (unpaired) electrons. The van der Waals surface area contributed by atoms with E-state index in [0.29, 0.717) is 11.6 Å². The Bertz CT molecular complexity index is 950. The standard InChI is InChI=1S/C20H20N2O3S/c1-12-3-8-15-16(9-12)26-20-18(15)19(21-11-22-20)25-14-6-4-13(5-7-14)10-17(23)24-2/h4-7,11-12H,3,8-10H2,1-2H3. The second-order valence-electron chi connectivity index (χ2n) is 6.71. The number of hydrogen-bond acceptors (Lipinski definition) is 6. The molecule has 1 atom stereocenters. The van der Waals surface area contributed by atoms with E-state index in [-0.39, 0.29) is 12.4 Å². The van der Waals surface area contributed by atoms with Crippen molar-refractivity contribution in [2.24, 2.45) is 5.92 Å². The van der Waals surface area contributed by atoms with E-state index in [1.807, 2.05) is 24.3 Å². The fourth-order valence-electron chi connectivity index (χ4n) is 3.35. The van der Waals surface area contributed by atoms with Gasteiger partial charge in [-0.2, -0.15) is 0 Å². The van der Waals surface area contributed by atoms with E-state index in [0.717, 1.165) is 34.5 Å². The van der Waals surface area contributed by atoms with Crippen molar-refractivity contribution in [1.82, 2.24) is 9.97 Å². The zero-order valence-corrected chi connectivity index (χ0v) is 15.6. The van der Waals surface area contributed by atoms with E-state index >= 15 is 0 Å². The van der Waals surface area contributed by atoms with Crippen LogP contribution in [0.5, 0.6) is 11.6 Å². The van der Waals surface area contributed by atoms with E-state index in [9.17, 15) is 4.79 Å². The summed E-state index contributed by atoms with van der Waals surface area (Å²) in [4.78, 5) is 22.6. The summed E-state index contributed by atoms with van der Waals surface area (Å²) in [5, 5.41) is 1.05. The molecule has 1 aliphatic rings. The van der Waals surface area contributed by atoms with Crippen LogP contribution in [0.1, 0.15) is 29.3 Å². The molecule has 1 unspecified atom stereocenters. The van der Waals surface area contributed by atoms with Crippen LogP contribution < -0.4 is 4.74 Å². The van der Waals surface area contributed by atoms with Gasteiger partial charge in [-0.3, -0.25) is 4.79 Å². The Labute approximate surface area is 156 Å². The Hall–Kier alpha value is -2.47. The van der Waals surface area contributed by atoms with Gasteiger partial charge in [0.25, 0.3) is 0 Å². The number of carbonyl (C=O) groups excluding carboxylic acids is 1. The molecule has 4 rings (SSSR count). The quantitative estimate of drug-likeness (QED) is 0.642. The summed E-state index contributed by atoms with van der Waals surface area (Å²) in [7, 11) is 1.39. The smallest absolute Gasteiger partial charge is 0.309 e. The number of hydrogen-bond donors (Lipinski definition) is 0. The molecule has 0 fully saturated rings. The Morgan fingerprint density at radius 2 is 2.08 bits per heavy atom. The molecule has 0 aliphatic heterocycles. The SMILES string of the molecule is COC(=O)Cc1ccc(Oc2ncnc3sc4c(c23)CCC(C)C4)cc1. The van der Waals surface area contributed by atoms with Crippen LogP contribution in [-0.4, -0.2) is 23.0 Å². The third kappa shape index (κ3) is 3.29. The van der Waals surface area contributed by atoms with Crippen LogP contribution in [0.4, 0.5) is 0 Å². The molecule has 0 saturated heterocycles. The zero-order chi connectivity index (χ0) is 18.1. The first-order valence-corrected chi connectivity index (χ1v) is 9.54. The number of aryl methyl sites for hydroxylation is 1. The van der Waals surface area contributed by atoms with Crippen molar-refractivity contribution < 1.29 is 14.3 Å². The lowest BCUT2D eigenvalue weighted by Crippen LogP contribution is -2.08. The minimum atomic E-state index is -0.254. The topological polar surface area (TPSA) is 61.3 Å². The Kier molecular flexibility index (Phi) is 4.59. The zero-order valence-electron chi connectivity index (χ0n) is 14.8. The van der Waals surface area contributed by atoms with E-state index in [4.69, 9.17) is 9.47 Å². The largest absolute Gasteiger partial charge is 0.469 e. The van der Waals surface area contributed by atoms with Gasteiger partial charge in [-0.1, -0.05) is 19.1 Å². The van der Waals surface area contributed by atoms with Gasteiger partial charge in [-0.05, 0) is 48.4 Å². The Morgan fingerprint density at radius 3 is 2.85 bits per heavy atom. The number of methoxy groups -OCH3 is 1. The molecule has 2 heterocycles. The van der Waals surface area contributed by atoms with Gasteiger partial charge >= 0.3 is 5.97 Å². The van der Waals surface area contributed by atoms with E-state index < -0.39 is 0 Å². The molecular weight excluding hydrogens is 348 g/mol. The molecule has 0 spiro atoms. The van der Waals surface area contributed by atoms with Crippen molar-refractivity contribution in [3.63, 3.8) is 0 Å². The first kappa shape index (κ1) is 17.0. The Morgan fingerprint density at radius 1 is 1.27 bits per heavy atom. The molecule has 0 amide bonds. The number of ether oxygens (including phenoxy) is 2. The average Bonchev–Trinajstić information content (AvgIpc) is 3.01. The number of carbonyl (C=O) groups is 1. The summed E-state index contributed by atoms with van der Waals surface area (Å²) >= 11 is 1.76. The first-order chi connectivity index (χ1) is 12.6. The average molecular weight is 368 g/mol. The molecule has 2 aromatic heterocycles. The van der Waals surface area contributed by atoms with Crippen LogP contribution in [0.3, 0.4) is 0 Å². The molecule has 26 heavy (non-hydrogen) atoms. The fraction of sp³-hybridized carbons (Fsp3) is 0.350. The molecule has 1 aromatic carbocycles. The summed E-state index contributed by atoms with van der Waals surface area (Å²) in [6.07, 6.45) is 5.17. The second kappa shape index (κ2) is 7.03. The molecule has 6 heteroatoms. The number of rotatable bonds is 4. The third-order valence-electron chi connectivity index (χ3n) is 4.77. The summed E-state index contributed by atoms with van der Waals surface area (Å²) < 4.78 is 10.8. The minimum absolute atomic E-state index is 0.254. The van der Waals surface area contributed by atoms with Crippen molar-refractivity contribution in [2.45, 2.75) is 32.6 Å². The van der Waals surface area contributed by atoms with Gasteiger partial charge in [0, 0.05) is 4.88 Å². The molecular formula is C20H20N2O3S. The van der Waals surface area contributed by atoms with Crippen molar-refractivity contribution in [1.29, 1.82) is 0 Å². The number of fused-ring (bicyclic) bond motifs is 3. The van der Waals surface area contributed by atoms with Crippen molar-refractivity contribution >= 4 is 27.5 Å². The summed E-state index contributed by atoms with van der Waals surface area (Å²) in [6, 6.07) is 7.45. The van der Waals surface area contributed by atoms with Gasteiger partial charge in [0.1, 0.15) is 16.9 Å². The van der Waals surface area contributed by atoms with E-state index in [2.05, 4.69) is 16.9 Å². The number of esters is 1. The summed E-state index contributed by atoms with van der Waals surface area (Å²) in [6.45, 7) is 2.30. The molecule has 0 saturated carbocycles. The molecule has 3 aromatic rings. The highest BCUT2D eigenvalue weighted by Crippen LogP contribution is 2.41. The monoisotopic (exact) mass is 368 g/mol. The van der Waals surface area contributed by atoms with E-state index in [1.165, 1.54) is 24.0 Å². The van der Waals surface area contributed by atoms with E-state index in [1.54, 1.807) is 17.7 Å². The van der Waals surface area contributed by atoms with Crippen LogP contribution in [0.25, 0.3) is 10.2 Å². The van der Waals surface area contributed by atoms with Gasteiger partial charge in [0.2, 0.25) is 5.88 Å². The molecule has 5 nitrogen and oxygen atoms in total. The fourth-order valence-corrected chi connectivity index (χ4v) is 4.69. The molecule has 134 valence electrons. The predicted octanol–water partition coefficient (Wildman–Crippen LogP) is 4.32. The van der Waals surface area contributed by atoms with Crippen LogP contribution >= 0.6 is 11.3 Å². The first-order valence-electron chi connectivity index (χ1n) is 8.73. The van der Waals surface area contributed by atoms with Gasteiger partial charge in [-0.25, -0.2) is 9.97 Å². The second-order valence-corrected chi connectivity index (χ2v) is 7.79. The predicted molar refractivity (Wildman–Crippen MR) is 101 cm³/mol. The maximum atomic E-state index is 11.4. The van der Waals surface area contributed by atoms with Crippen LogP contribution in [0.2, 0.25) is 0 Å². The Balaban J connectivity index is 1.62. The normalized spacial score (nSPS) is 16.3. The lowest BCUT2D eigenvalue weighted by Gasteiger charge is -2.18. The van der Waals surface area contributed by atoms with Crippen molar-refractivity contribution in [2.75, 3.05) is 7.11 Å². The minimum Gasteiger partial charge on any atom is -0.469 e. The number of benzene rings is 1. The highest BCUT2D eigenvalue weighted by molar-refractivity contribution is 7.18. The lowest BCUT2D eigenvalue weighted by molar-refractivity contribution is -0.139. The highest BCUT2D eigenvalue weighted by atomic mass is 32.1. The number of nitrogens with zero attached hydrogens (tertiary/aromatic N) is 2.